The molecule has 0 spiro atoms. The maximum absolute atomic E-state index is 5.49. The number of hydrogen-bond acceptors (Lipinski definition) is 5. The second-order valence-electron chi connectivity index (χ2n) is 4.54. The van der Waals surface area contributed by atoms with Crippen LogP contribution in [0.2, 0.25) is 0 Å². The van der Waals surface area contributed by atoms with Gasteiger partial charge in [0, 0.05) is 53.6 Å². The lowest BCUT2D eigenvalue weighted by Crippen LogP contribution is -2.37. The normalized spacial score (nSPS) is 11.4. The van der Waals surface area contributed by atoms with Crippen molar-refractivity contribution in [1.29, 1.82) is 0 Å². The number of methoxy groups -OCH3 is 2. The smallest absolute Gasteiger partial charge is 0.0590 e. The largest absolute Gasteiger partial charge is 0.383 e. The van der Waals surface area contributed by atoms with Gasteiger partial charge < -0.3 is 19.5 Å². The summed E-state index contributed by atoms with van der Waals surface area (Å²) in [5.41, 5.74) is 0. The van der Waals surface area contributed by atoms with Crippen LogP contribution in [-0.2, 0) is 14.2 Å². The number of nitrogens with one attached hydrogen (secondary N) is 1. The van der Waals surface area contributed by atoms with Crippen molar-refractivity contribution in [3.63, 3.8) is 0 Å². The SMILES string of the molecule is CCCCOCCNCCN(CCOC)CCOC. The Labute approximate surface area is 118 Å². The molecule has 0 bridgehead atoms. The molecule has 5 nitrogen and oxygen atoms in total. The van der Waals surface area contributed by atoms with Gasteiger partial charge in [0.15, 0.2) is 0 Å². The molecule has 5 heteroatoms. The quantitative estimate of drug-likeness (QED) is 0.452. The fourth-order valence-electron chi connectivity index (χ4n) is 1.63. The molecule has 0 unspecified atom stereocenters. The zero-order valence-electron chi connectivity index (χ0n) is 13.0. The molecule has 0 saturated heterocycles. The Hall–Kier alpha value is -0.200. The van der Waals surface area contributed by atoms with E-state index in [1.165, 1.54) is 6.42 Å². The van der Waals surface area contributed by atoms with Gasteiger partial charge in [-0.1, -0.05) is 13.3 Å². The van der Waals surface area contributed by atoms with Crippen molar-refractivity contribution in [1.82, 2.24) is 10.2 Å². The first-order chi connectivity index (χ1) is 9.35. The minimum absolute atomic E-state index is 0.768. The van der Waals surface area contributed by atoms with E-state index in [9.17, 15) is 0 Å². The van der Waals surface area contributed by atoms with Gasteiger partial charge in [-0.15, -0.1) is 0 Å². The lowest BCUT2D eigenvalue weighted by Gasteiger charge is -2.21. The third-order valence-corrected chi connectivity index (χ3v) is 2.89. The molecule has 0 aromatic heterocycles. The van der Waals surface area contributed by atoms with Gasteiger partial charge in [-0.25, -0.2) is 0 Å². The van der Waals surface area contributed by atoms with Crippen molar-refractivity contribution in [2.24, 2.45) is 0 Å². The molecule has 0 aliphatic carbocycles. The summed E-state index contributed by atoms with van der Waals surface area (Å²) in [5, 5.41) is 3.40. The van der Waals surface area contributed by atoms with E-state index in [2.05, 4.69) is 17.1 Å². The predicted molar refractivity (Wildman–Crippen MR) is 78.8 cm³/mol. The molecule has 116 valence electrons. The van der Waals surface area contributed by atoms with Gasteiger partial charge in [0.1, 0.15) is 0 Å². The summed E-state index contributed by atoms with van der Waals surface area (Å²) in [7, 11) is 3.47. The number of hydrogen-bond donors (Lipinski definition) is 1. The van der Waals surface area contributed by atoms with Crippen LogP contribution in [0.4, 0.5) is 0 Å². The van der Waals surface area contributed by atoms with E-state index in [0.717, 1.165) is 65.6 Å². The fourth-order valence-corrected chi connectivity index (χ4v) is 1.63. The zero-order valence-corrected chi connectivity index (χ0v) is 13.0. The Kier molecular flexibility index (Phi) is 15.7. The molecule has 0 atom stereocenters. The van der Waals surface area contributed by atoms with Crippen molar-refractivity contribution in [2.45, 2.75) is 19.8 Å². The Morgan fingerprint density at radius 1 is 0.842 bits per heavy atom. The van der Waals surface area contributed by atoms with Gasteiger partial charge in [0.2, 0.25) is 0 Å². The molecule has 1 N–H and O–H groups in total. The standard InChI is InChI=1S/C14H32N2O3/c1-4-5-11-19-12-7-15-6-8-16(9-13-17-2)10-14-18-3/h15H,4-14H2,1-3H3. The van der Waals surface area contributed by atoms with Crippen molar-refractivity contribution in [3.05, 3.63) is 0 Å². The average Bonchev–Trinajstić information content (AvgIpc) is 2.43. The topological polar surface area (TPSA) is 43.0 Å². The van der Waals surface area contributed by atoms with Crippen LogP contribution in [0.1, 0.15) is 19.8 Å². The molecule has 0 saturated carbocycles. The van der Waals surface area contributed by atoms with Gasteiger partial charge in [-0.05, 0) is 6.42 Å². The molecule has 0 amide bonds. The summed E-state index contributed by atoms with van der Waals surface area (Å²) in [4.78, 5) is 2.35. The summed E-state index contributed by atoms with van der Waals surface area (Å²) >= 11 is 0. The van der Waals surface area contributed by atoms with Crippen LogP contribution in [0, 0.1) is 0 Å². The molecule has 0 aromatic rings. The monoisotopic (exact) mass is 276 g/mol. The van der Waals surface area contributed by atoms with E-state index in [0.29, 0.717) is 0 Å². The predicted octanol–water partition coefficient (Wildman–Crippen LogP) is 0.988. The van der Waals surface area contributed by atoms with Crippen LogP contribution in [0.15, 0.2) is 0 Å². The zero-order chi connectivity index (χ0) is 14.2. The second-order valence-corrected chi connectivity index (χ2v) is 4.54. The lowest BCUT2D eigenvalue weighted by molar-refractivity contribution is 0.112. The van der Waals surface area contributed by atoms with Crippen molar-refractivity contribution in [3.8, 4) is 0 Å². The first-order valence-corrected chi connectivity index (χ1v) is 7.33. The van der Waals surface area contributed by atoms with Gasteiger partial charge in [0.25, 0.3) is 0 Å². The molecule has 0 rings (SSSR count). The van der Waals surface area contributed by atoms with Gasteiger partial charge >= 0.3 is 0 Å². The Balaban J connectivity index is 3.40. The number of ether oxygens (including phenoxy) is 3. The van der Waals surface area contributed by atoms with Crippen LogP contribution >= 0.6 is 0 Å². The molecule has 0 aliphatic heterocycles. The van der Waals surface area contributed by atoms with Gasteiger partial charge in [-0.2, -0.15) is 0 Å². The number of rotatable bonds is 15. The van der Waals surface area contributed by atoms with Crippen molar-refractivity contribution < 1.29 is 14.2 Å². The van der Waals surface area contributed by atoms with E-state index in [1.54, 1.807) is 14.2 Å². The molecular weight excluding hydrogens is 244 g/mol. The summed E-state index contributed by atoms with van der Waals surface area (Å²) in [5.74, 6) is 0. The highest BCUT2D eigenvalue weighted by molar-refractivity contribution is 4.59. The van der Waals surface area contributed by atoms with Crippen molar-refractivity contribution >= 4 is 0 Å². The van der Waals surface area contributed by atoms with Crippen LogP contribution in [0.5, 0.6) is 0 Å². The van der Waals surface area contributed by atoms with E-state index in [1.807, 2.05) is 0 Å². The fraction of sp³-hybridized carbons (Fsp3) is 1.00. The Morgan fingerprint density at radius 3 is 2.11 bits per heavy atom. The summed E-state index contributed by atoms with van der Waals surface area (Å²) in [6.45, 7) is 10.2. The number of unbranched alkanes of at least 4 members (excludes halogenated alkanes) is 1. The highest BCUT2D eigenvalue weighted by atomic mass is 16.5. The molecule has 0 radical (unpaired) electrons. The molecule has 19 heavy (non-hydrogen) atoms. The first kappa shape index (κ1) is 18.8. The second kappa shape index (κ2) is 15.9. The highest BCUT2D eigenvalue weighted by Gasteiger charge is 2.03. The summed E-state index contributed by atoms with van der Waals surface area (Å²) in [6, 6.07) is 0. The van der Waals surface area contributed by atoms with Gasteiger partial charge in [-0.3, -0.25) is 4.90 Å². The first-order valence-electron chi connectivity index (χ1n) is 7.33. The molecule has 0 heterocycles. The van der Waals surface area contributed by atoms with E-state index in [-0.39, 0.29) is 0 Å². The molecule has 0 fully saturated rings. The molecular formula is C14H32N2O3. The molecule has 0 aromatic carbocycles. The highest BCUT2D eigenvalue weighted by Crippen LogP contribution is 1.89. The van der Waals surface area contributed by atoms with Crippen LogP contribution < -0.4 is 5.32 Å². The maximum Gasteiger partial charge on any atom is 0.0590 e. The minimum atomic E-state index is 0.768. The van der Waals surface area contributed by atoms with E-state index < -0.39 is 0 Å². The third kappa shape index (κ3) is 14.0. The Morgan fingerprint density at radius 2 is 1.53 bits per heavy atom. The summed E-state index contributed by atoms with van der Waals surface area (Å²) in [6.07, 6.45) is 2.35. The maximum atomic E-state index is 5.49. The summed E-state index contributed by atoms with van der Waals surface area (Å²) < 4.78 is 15.7. The number of nitrogens with zero attached hydrogens (tertiary/aromatic N) is 1. The van der Waals surface area contributed by atoms with Crippen LogP contribution in [0.25, 0.3) is 0 Å². The van der Waals surface area contributed by atoms with E-state index in [4.69, 9.17) is 14.2 Å². The van der Waals surface area contributed by atoms with Gasteiger partial charge in [0.05, 0.1) is 19.8 Å². The Bertz CT molecular complexity index is 163. The third-order valence-electron chi connectivity index (χ3n) is 2.89. The average molecular weight is 276 g/mol. The molecule has 0 aliphatic rings. The van der Waals surface area contributed by atoms with Crippen LogP contribution in [0.3, 0.4) is 0 Å². The van der Waals surface area contributed by atoms with Crippen LogP contribution in [-0.4, -0.2) is 78.3 Å². The van der Waals surface area contributed by atoms with E-state index >= 15 is 0 Å². The van der Waals surface area contributed by atoms with Crippen molar-refractivity contribution in [2.75, 3.05) is 73.4 Å². The lowest BCUT2D eigenvalue weighted by atomic mass is 10.4. The minimum Gasteiger partial charge on any atom is -0.383 e.